The predicted octanol–water partition coefficient (Wildman–Crippen LogP) is -1.60. The van der Waals surface area contributed by atoms with Crippen molar-refractivity contribution in [3.05, 3.63) is 0 Å². The molecule has 1 fully saturated rings. The Bertz CT molecular complexity index is 191. The number of nitrogens with one attached hydrogen (secondary N) is 1. The second-order valence-corrected chi connectivity index (χ2v) is 3.62. The van der Waals surface area contributed by atoms with E-state index in [1.807, 2.05) is 0 Å². The van der Waals surface area contributed by atoms with Crippen molar-refractivity contribution in [2.45, 2.75) is 44.3 Å². The second-order valence-electron chi connectivity index (χ2n) is 3.62. The number of hydrogen-bond acceptors (Lipinski definition) is 6. The lowest BCUT2D eigenvalue weighted by atomic mass is 9.94. The average molecular weight is 221 g/mol. The van der Waals surface area contributed by atoms with Gasteiger partial charge in [0, 0.05) is 0 Å². The largest absolute Gasteiger partial charge is 0.394 e. The van der Waals surface area contributed by atoms with Crippen molar-refractivity contribution >= 4 is 0 Å². The van der Waals surface area contributed by atoms with Crippen molar-refractivity contribution in [1.82, 2.24) is 5.48 Å². The van der Waals surface area contributed by atoms with E-state index in [0.29, 0.717) is 6.61 Å². The SMILES string of the molecule is CCONC1[C@H](C)OC(CO)[C@H](O)[C@@H]1O. The number of hydroxylamine groups is 1. The topological polar surface area (TPSA) is 91.2 Å². The quantitative estimate of drug-likeness (QED) is 0.427. The molecule has 1 saturated heterocycles. The Labute approximate surface area is 88.8 Å². The molecular weight excluding hydrogens is 202 g/mol. The van der Waals surface area contributed by atoms with Crippen LogP contribution in [0.15, 0.2) is 0 Å². The molecular formula is C9H19NO5. The van der Waals surface area contributed by atoms with Crippen LogP contribution in [0, 0.1) is 0 Å². The minimum absolute atomic E-state index is 0.316. The third-order valence-corrected chi connectivity index (χ3v) is 2.54. The molecule has 0 amide bonds. The van der Waals surface area contributed by atoms with E-state index in [1.54, 1.807) is 13.8 Å². The lowest BCUT2D eigenvalue weighted by Gasteiger charge is -2.41. The van der Waals surface area contributed by atoms with Gasteiger partial charge in [-0.2, -0.15) is 5.48 Å². The molecule has 0 saturated carbocycles. The Hall–Kier alpha value is -0.240. The van der Waals surface area contributed by atoms with Gasteiger partial charge in [0.2, 0.25) is 0 Å². The molecule has 0 bridgehead atoms. The van der Waals surface area contributed by atoms with Crippen LogP contribution in [0.1, 0.15) is 13.8 Å². The lowest BCUT2D eigenvalue weighted by Crippen LogP contribution is -2.62. The first-order valence-corrected chi connectivity index (χ1v) is 5.11. The molecule has 0 aromatic rings. The molecule has 6 nitrogen and oxygen atoms in total. The van der Waals surface area contributed by atoms with Crippen LogP contribution in [-0.4, -0.2) is 59.0 Å². The molecule has 15 heavy (non-hydrogen) atoms. The third kappa shape index (κ3) is 2.87. The van der Waals surface area contributed by atoms with E-state index < -0.39 is 24.4 Å². The molecule has 0 aromatic carbocycles. The summed E-state index contributed by atoms with van der Waals surface area (Å²) in [6, 6.07) is -0.497. The van der Waals surface area contributed by atoms with Crippen LogP contribution in [0.5, 0.6) is 0 Å². The number of aliphatic hydroxyl groups excluding tert-OH is 3. The van der Waals surface area contributed by atoms with Crippen molar-refractivity contribution in [3.8, 4) is 0 Å². The monoisotopic (exact) mass is 221 g/mol. The zero-order valence-electron chi connectivity index (χ0n) is 8.96. The van der Waals surface area contributed by atoms with Crippen LogP contribution >= 0.6 is 0 Å². The summed E-state index contributed by atoms with van der Waals surface area (Å²) in [5.74, 6) is 0. The Kier molecular flexibility index (Phi) is 4.91. The summed E-state index contributed by atoms with van der Waals surface area (Å²) in [7, 11) is 0. The Morgan fingerprint density at radius 3 is 2.53 bits per heavy atom. The van der Waals surface area contributed by atoms with Crippen molar-refractivity contribution in [2.24, 2.45) is 0 Å². The summed E-state index contributed by atoms with van der Waals surface area (Å²) in [6.45, 7) is 3.69. The zero-order valence-corrected chi connectivity index (χ0v) is 8.96. The number of ether oxygens (including phenoxy) is 1. The number of aliphatic hydroxyl groups is 3. The van der Waals surface area contributed by atoms with E-state index in [4.69, 9.17) is 14.7 Å². The van der Waals surface area contributed by atoms with Crippen molar-refractivity contribution < 1.29 is 24.9 Å². The smallest absolute Gasteiger partial charge is 0.110 e. The van der Waals surface area contributed by atoms with Gasteiger partial charge in [-0.1, -0.05) is 0 Å². The van der Waals surface area contributed by atoms with E-state index in [1.165, 1.54) is 0 Å². The van der Waals surface area contributed by atoms with E-state index in [9.17, 15) is 10.2 Å². The molecule has 1 aliphatic heterocycles. The molecule has 1 heterocycles. The van der Waals surface area contributed by atoms with Crippen molar-refractivity contribution in [1.29, 1.82) is 0 Å². The Morgan fingerprint density at radius 1 is 1.33 bits per heavy atom. The van der Waals surface area contributed by atoms with Crippen LogP contribution in [0.2, 0.25) is 0 Å². The summed E-state index contributed by atoms with van der Waals surface area (Å²) >= 11 is 0. The summed E-state index contributed by atoms with van der Waals surface area (Å²) in [4.78, 5) is 4.97. The first-order valence-electron chi connectivity index (χ1n) is 5.11. The summed E-state index contributed by atoms with van der Waals surface area (Å²) in [5.41, 5.74) is 2.63. The lowest BCUT2D eigenvalue weighted by molar-refractivity contribution is -0.208. The van der Waals surface area contributed by atoms with Crippen LogP contribution in [0.4, 0.5) is 0 Å². The normalized spacial score (nSPS) is 41.8. The van der Waals surface area contributed by atoms with E-state index in [0.717, 1.165) is 0 Å². The van der Waals surface area contributed by atoms with E-state index >= 15 is 0 Å². The fraction of sp³-hybridized carbons (Fsp3) is 1.00. The highest BCUT2D eigenvalue weighted by Crippen LogP contribution is 2.20. The highest BCUT2D eigenvalue weighted by molar-refractivity contribution is 4.93. The molecule has 90 valence electrons. The van der Waals surface area contributed by atoms with Crippen molar-refractivity contribution in [3.63, 3.8) is 0 Å². The Balaban J connectivity index is 2.58. The fourth-order valence-corrected chi connectivity index (χ4v) is 1.65. The van der Waals surface area contributed by atoms with Gasteiger partial charge < -0.3 is 24.9 Å². The predicted molar refractivity (Wildman–Crippen MR) is 52.0 cm³/mol. The van der Waals surface area contributed by atoms with E-state index in [-0.39, 0.29) is 12.7 Å². The standard InChI is InChI=1S/C9H19NO5/c1-3-14-10-7-5(2)15-6(4-11)8(12)9(7)13/h5-13H,3-4H2,1-2H3/t5-,6?,7?,8-,9+/m0/s1. The first-order chi connectivity index (χ1) is 7.11. The minimum atomic E-state index is -1.11. The van der Waals surface area contributed by atoms with Gasteiger partial charge in [-0.05, 0) is 13.8 Å². The number of rotatable bonds is 4. The van der Waals surface area contributed by atoms with Crippen LogP contribution in [0.3, 0.4) is 0 Å². The molecule has 1 aliphatic rings. The Morgan fingerprint density at radius 2 is 2.00 bits per heavy atom. The minimum Gasteiger partial charge on any atom is -0.394 e. The van der Waals surface area contributed by atoms with Gasteiger partial charge in [-0.25, -0.2) is 0 Å². The molecule has 0 radical (unpaired) electrons. The van der Waals surface area contributed by atoms with Gasteiger partial charge in [0.15, 0.2) is 0 Å². The van der Waals surface area contributed by atoms with Gasteiger partial charge in [0.1, 0.15) is 18.3 Å². The van der Waals surface area contributed by atoms with Gasteiger partial charge in [0.05, 0.1) is 25.4 Å². The first kappa shape index (κ1) is 12.8. The maximum absolute atomic E-state index is 9.75. The molecule has 4 N–H and O–H groups in total. The van der Waals surface area contributed by atoms with Crippen molar-refractivity contribution in [2.75, 3.05) is 13.2 Å². The van der Waals surface area contributed by atoms with Gasteiger partial charge in [-0.3, -0.25) is 0 Å². The maximum Gasteiger partial charge on any atom is 0.110 e. The molecule has 2 unspecified atom stereocenters. The summed E-state index contributed by atoms with van der Waals surface area (Å²) in [5, 5.41) is 28.3. The highest BCUT2D eigenvalue weighted by atomic mass is 16.6. The third-order valence-electron chi connectivity index (χ3n) is 2.54. The van der Waals surface area contributed by atoms with Crippen LogP contribution in [-0.2, 0) is 9.57 Å². The molecule has 5 atom stereocenters. The zero-order chi connectivity index (χ0) is 11.4. The molecule has 6 heteroatoms. The molecule has 0 aromatic heterocycles. The van der Waals surface area contributed by atoms with Crippen LogP contribution in [0.25, 0.3) is 0 Å². The van der Waals surface area contributed by atoms with Gasteiger partial charge in [0.25, 0.3) is 0 Å². The second kappa shape index (κ2) is 5.74. The average Bonchev–Trinajstić information content (AvgIpc) is 2.23. The van der Waals surface area contributed by atoms with Gasteiger partial charge in [-0.15, -0.1) is 0 Å². The molecule has 0 aliphatic carbocycles. The summed E-state index contributed by atoms with van der Waals surface area (Å²) in [6.07, 6.45) is -3.21. The van der Waals surface area contributed by atoms with Gasteiger partial charge >= 0.3 is 0 Å². The van der Waals surface area contributed by atoms with E-state index in [2.05, 4.69) is 5.48 Å². The fourth-order valence-electron chi connectivity index (χ4n) is 1.65. The highest BCUT2D eigenvalue weighted by Gasteiger charge is 2.42. The molecule has 0 spiro atoms. The number of hydrogen-bond donors (Lipinski definition) is 4. The summed E-state index contributed by atoms with van der Waals surface area (Å²) < 4.78 is 5.33. The molecule has 1 rings (SSSR count). The van der Waals surface area contributed by atoms with Crippen LogP contribution < -0.4 is 5.48 Å². The maximum atomic E-state index is 9.75.